The molecule has 4 N–H and O–H groups in total. The van der Waals surface area contributed by atoms with E-state index < -0.39 is 24.2 Å². The number of benzene rings is 3. The summed E-state index contributed by atoms with van der Waals surface area (Å²) in [5.74, 6) is -0.547. The predicted molar refractivity (Wildman–Crippen MR) is 124 cm³/mol. The number of ether oxygens (including phenoxy) is 2. The molecule has 2 amide bonds. The molecule has 3 rings (SSSR count). The van der Waals surface area contributed by atoms with Gasteiger partial charge in [-0.25, -0.2) is 10.3 Å². The summed E-state index contributed by atoms with van der Waals surface area (Å²) in [6.07, 6.45) is 1.70. The van der Waals surface area contributed by atoms with Gasteiger partial charge in [0.25, 0.3) is 5.91 Å². The number of allylic oxidation sites excluding steroid dienone is 1. The fraction of sp³-hybridized carbons (Fsp3) is 0.200. The monoisotopic (exact) mass is 450 g/mol. The first-order valence-electron chi connectivity index (χ1n) is 10.4. The molecule has 0 bridgehead atoms. The molecular weight excluding hydrogens is 424 g/mol. The molecule has 0 aliphatic carbocycles. The molecule has 0 unspecified atom stereocenters. The molecular formula is C25H26N2O6. The van der Waals surface area contributed by atoms with Gasteiger partial charge in [-0.2, -0.15) is 0 Å². The maximum Gasteiger partial charge on any atom is 0.412 e. The van der Waals surface area contributed by atoms with Gasteiger partial charge in [0.1, 0.15) is 5.75 Å². The summed E-state index contributed by atoms with van der Waals surface area (Å²) in [6, 6.07) is 19.6. The summed E-state index contributed by atoms with van der Waals surface area (Å²) in [4.78, 5) is 24.0. The van der Waals surface area contributed by atoms with Gasteiger partial charge >= 0.3 is 6.09 Å². The third-order valence-electron chi connectivity index (χ3n) is 5.12. The van der Waals surface area contributed by atoms with Crippen LogP contribution in [0.5, 0.6) is 5.75 Å². The molecule has 0 aliphatic rings. The second-order valence-electron chi connectivity index (χ2n) is 7.30. The standard InChI is InChI=1S/C25H26N2O6/c1-32-22(11-4-5-12-23(29)27-31)24(18-13-15-19(28)16-14-18)33-25(30)26-21-10-6-8-17-7-2-3-9-20(17)21/h2-3,5-10,12-16,22,24,28,31H,4,11H2,1H3,(H,26,30)(H,27,29)/b12-5+/t22-,24-/m1/s1. The van der Waals surface area contributed by atoms with Gasteiger partial charge in [-0.15, -0.1) is 0 Å². The van der Waals surface area contributed by atoms with Crippen LogP contribution in [0, 0.1) is 0 Å². The van der Waals surface area contributed by atoms with E-state index in [0.29, 0.717) is 24.1 Å². The first kappa shape index (κ1) is 23.8. The lowest BCUT2D eigenvalue weighted by Crippen LogP contribution is -2.28. The minimum Gasteiger partial charge on any atom is -0.508 e. The molecule has 8 heteroatoms. The highest BCUT2D eigenvalue weighted by atomic mass is 16.6. The predicted octanol–water partition coefficient (Wildman–Crippen LogP) is 4.69. The molecule has 172 valence electrons. The van der Waals surface area contributed by atoms with E-state index in [2.05, 4.69) is 5.32 Å². The van der Waals surface area contributed by atoms with E-state index >= 15 is 0 Å². The van der Waals surface area contributed by atoms with E-state index in [9.17, 15) is 14.7 Å². The van der Waals surface area contributed by atoms with Gasteiger partial charge in [0.15, 0.2) is 6.10 Å². The minimum atomic E-state index is -0.773. The van der Waals surface area contributed by atoms with Crippen LogP contribution in [0.15, 0.2) is 78.9 Å². The van der Waals surface area contributed by atoms with Gasteiger partial charge in [0.05, 0.1) is 11.8 Å². The third-order valence-corrected chi connectivity index (χ3v) is 5.12. The van der Waals surface area contributed by atoms with Crippen molar-refractivity contribution in [3.8, 4) is 5.75 Å². The van der Waals surface area contributed by atoms with Crippen LogP contribution >= 0.6 is 0 Å². The molecule has 0 fully saturated rings. The number of carbonyl (C=O) groups excluding carboxylic acids is 2. The number of phenolic OH excluding ortho intramolecular Hbond substituents is 1. The van der Waals surface area contributed by atoms with Crippen molar-refractivity contribution in [2.45, 2.75) is 25.0 Å². The zero-order valence-corrected chi connectivity index (χ0v) is 18.1. The largest absolute Gasteiger partial charge is 0.508 e. The van der Waals surface area contributed by atoms with E-state index in [4.69, 9.17) is 14.7 Å². The highest BCUT2D eigenvalue weighted by molar-refractivity contribution is 6.00. The number of hydrogen-bond acceptors (Lipinski definition) is 6. The Hall–Kier alpha value is -3.88. The molecule has 0 saturated carbocycles. The Balaban J connectivity index is 1.78. The van der Waals surface area contributed by atoms with Crippen molar-refractivity contribution in [2.75, 3.05) is 12.4 Å². The van der Waals surface area contributed by atoms with Crippen LogP contribution in [0.4, 0.5) is 10.5 Å². The zero-order chi connectivity index (χ0) is 23.6. The highest BCUT2D eigenvalue weighted by Crippen LogP contribution is 2.29. The van der Waals surface area contributed by atoms with E-state index in [0.717, 1.165) is 10.8 Å². The lowest BCUT2D eigenvalue weighted by molar-refractivity contribution is -0.124. The van der Waals surface area contributed by atoms with Gasteiger partial charge < -0.3 is 14.6 Å². The van der Waals surface area contributed by atoms with Crippen molar-refractivity contribution in [2.24, 2.45) is 0 Å². The number of carbonyl (C=O) groups is 2. The van der Waals surface area contributed by atoms with Gasteiger partial charge in [-0.05, 0) is 42.0 Å². The molecule has 8 nitrogen and oxygen atoms in total. The number of methoxy groups -OCH3 is 1. The van der Waals surface area contributed by atoms with E-state index in [1.54, 1.807) is 24.3 Å². The van der Waals surface area contributed by atoms with Gasteiger partial charge in [-0.3, -0.25) is 15.3 Å². The molecule has 0 spiro atoms. The molecule has 2 atom stereocenters. The third kappa shape index (κ3) is 6.55. The molecule has 3 aromatic rings. The number of anilines is 1. The average molecular weight is 450 g/mol. The molecule has 0 saturated heterocycles. The maximum atomic E-state index is 12.9. The van der Waals surface area contributed by atoms with Crippen molar-refractivity contribution < 1.29 is 29.4 Å². The number of hydroxylamine groups is 1. The van der Waals surface area contributed by atoms with Crippen LogP contribution in [-0.4, -0.2) is 35.5 Å². The smallest absolute Gasteiger partial charge is 0.412 e. The summed E-state index contributed by atoms with van der Waals surface area (Å²) < 4.78 is 11.4. The number of nitrogens with one attached hydrogen (secondary N) is 2. The molecule has 0 aromatic heterocycles. The summed E-state index contributed by atoms with van der Waals surface area (Å²) in [7, 11) is 1.51. The topological polar surface area (TPSA) is 117 Å². The van der Waals surface area contributed by atoms with Gasteiger partial charge in [-0.1, -0.05) is 54.6 Å². The van der Waals surface area contributed by atoms with E-state index in [1.165, 1.54) is 30.8 Å². The molecule has 3 aromatic carbocycles. The Kier molecular flexibility index (Phi) is 8.40. The van der Waals surface area contributed by atoms with Crippen LogP contribution in [0.2, 0.25) is 0 Å². The quantitative estimate of drug-likeness (QED) is 0.213. The number of rotatable bonds is 9. The Labute approximate surface area is 191 Å². The molecule has 0 radical (unpaired) electrons. The SMILES string of the molecule is CO[C@H](CC/C=C/C(=O)NO)[C@H](OC(=O)Nc1cccc2ccccc12)c1ccc(O)cc1. The number of phenols is 1. The van der Waals surface area contributed by atoms with Gasteiger partial charge in [0.2, 0.25) is 0 Å². The fourth-order valence-electron chi connectivity index (χ4n) is 3.49. The first-order valence-corrected chi connectivity index (χ1v) is 10.4. The lowest BCUT2D eigenvalue weighted by Gasteiger charge is -2.26. The van der Waals surface area contributed by atoms with Crippen LogP contribution < -0.4 is 10.8 Å². The van der Waals surface area contributed by atoms with Crippen molar-refractivity contribution in [3.05, 3.63) is 84.4 Å². The Morgan fingerprint density at radius 3 is 2.48 bits per heavy atom. The van der Waals surface area contributed by atoms with E-state index in [1.807, 2.05) is 36.4 Å². The van der Waals surface area contributed by atoms with Crippen molar-refractivity contribution in [1.29, 1.82) is 0 Å². The lowest BCUT2D eigenvalue weighted by atomic mass is 10.00. The van der Waals surface area contributed by atoms with Crippen molar-refractivity contribution in [1.82, 2.24) is 5.48 Å². The Morgan fingerprint density at radius 2 is 1.76 bits per heavy atom. The first-order chi connectivity index (χ1) is 16.0. The summed E-state index contributed by atoms with van der Waals surface area (Å²) >= 11 is 0. The number of hydrogen-bond donors (Lipinski definition) is 4. The second kappa shape index (κ2) is 11.7. The summed E-state index contributed by atoms with van der Waals surface area (Å²) in [6.45, 7) is 0. The maximum absolute atomic E-state index is 12.9. The van der Waals surface area contributed by atoms with Crippen LogP contribution in [0.3, 0.4) is 0 Å². The second-order valence-corrected chi connectivity index (χ2v) is 7.30. The van der Waals surface area contributed by atoms with Crippen molar-refractivity contribution >= 4 is 28.5 Å². The summed E-state index contributed by atoms with van der Waals surface area (Å²) in [5, 5.41) is 22.9. The molecule has 0 heterocycles. The van der Waals surface area contributed by atoms with Gasteiger partial charge in [0, 0.05) is 18.6 Å². The average Bonchev–Trinajstić information content (AvgIpc) is 2.83. The fourth-order valence-corrected chi connectivity index (χ4v) is 3.49. The number of aromatic hydroxyl groups is 1. The summed E-state index contributed by atoms with van der Waals surface area (Å²) in [5.41, 5.74) is 2.79. The van der Waals surface area contributed by atoms with E-state index in [-0.39, 0.29) is 5.75 Å². The van der Waals surface area contributed by atoms with Crippen LogP contribution in [-0.2, 0) is 14.3 Å². The Bertz CT molecular complexity index is 1110. The van der Waals surface area contributed by atoms with Crippen LogP contribution in [0.1, 0.15) is 24.5 Å². The normalized spacial score (nSPS) is 12.9. The zero-order valence-electron chi connectivity index (χ0n) is 18.1. The minimum absolute atomic E-state index is 0.0876. The molecule has 0 aliphatic heterocycles. The highest BCUT2D eigenvalue weighted by Gasteiger charge is 2.27. The number of fused-ring (bicyclic) bond motifs is 1. The Morgan fingerprint density at radius 1 is 1.03 bits per heavy atom. The van der Waals surface area contributed by atoms with Crippen LogP contribution in [0.25, 0.3) is 10.8 Å². The number of amides is 2. The van der Waals surface area contributed by atoms with Crippen molar-refractivity contribution in [3.63, 3.8) is 0 Å². The molecule has 33 heavy (non-hydrogen) atoms.